The Labute approximate surface area is 264 Å². The smallest absolute Gasteiger partial charge is 0.389 e. The van der Waals surface area contributed by atoms with E-state index in [9.17, 15) is 55.0 Å². The van der Waals surface area contributed by atoms with E-state index in [1.165, 1.54) is 25.1 Å². The number of carbonyl (C=O) groups excluding carboxylic acids is 3. The number of aliphatic carboxylic acids is 1. The topological polar surface area (TPSA) is 154 Å². The minimum Gasteiger partial charge on any atom is -0.480 e. The van der Waals surface area contributed by atoms with Crippen molar-refractivity contribution in [3.8, 4) is 0 Å². The maximum absolute atomic E-state index is 14.3. The lowest BCUT2D eigenvalue weighted by Crippen LogP contribution is -2.53. The summed E-state index contributed by atoms with van der Waals surface area (Å²) < 4.78 is 93.1. The van der Waals surface area contributed by atoms with E-state index in [-0.39, 0.29) is 22.5 Å². The molecular formula is C30H32F7N5O5. The van der Waals surface area contributed by atoms with Gasteiger partial charge in [0.1, 0.15) is 11.9 Å². The summed E-state index contributed by atoms with van der Waals surface area (Å²) in [4.78, 5) is 56.7. The minimum absolute atomic E-state index is 0.0500. The molecule has 4 atom stereocenters. The number of alkyl halides is 6. The Hall–Kier alpha value is -4.54. The van der Waals surface area contributed by atoms with E-state index in [0.717, 1.165) is 17.0 Å². The SMILES string of the molecule is Cc1cccc2c1N(CN[C@@H](C)C(=O)O)C(=O)[C@@H](NC(=O)[C@H](CCC(F)(F)F)[C@H](CCC(F)(F)F)C(N)=O)N=C2c1cccc(F)c1. The Morgan fingerprint density at radius 3 is 2.15 bits per heavy atom. The molecule has 0 aliphatic carbocycles. The van der Waals surface area contributed by atoms with Crippen molar-refractivity contribution in [2.75, 3.05) is 11.6 Å². The zero-order valence-corrected chi connectivity index (χ0v) is 25.1. The second kappa shape index (κ2) is 14.9. The number of nitrogens with one attached hydrogen (secondary N) is 2. The number of rotatable bonds is 13. The van der Waals surface area contributed by atoms with Crippen molar-refractivity contribution in [1.82, 2.24) is 10.6 Å². The highest BCUT2D eigenvalue weighted by molar-refractivity contribution is 6.20. The van der Waals surface area contributed by atoms with Crippen LogP contribution >= 0.6 is 0 Å². The van der Waals surface area contributed by atoms with Crippen LogP contribution < -0.4 is 21.3 Å². The summed E-state index contributed by atoms with van der Waals surface area (Å²) in [6, 6.07) is 8.49. The number of fused-ring (bicyclic) bond motifs is 1. The van der Waals surface area contributed by atoms with Crippen LogP contribution in [-0.2, 0) is 19.2 Å². The van der Waals surface area contributed by atoms with E-state index in [4.69, 9.17) is 5.73 Å². The molecule has 0 unspecified atom stereocenters. The van der Waals surface area contributed by atoms with Gasteiger partial charge in [-0.25, -0.2) is 9.38 Å². The molecule has 2 aromatic carbocycles. The van der Waals surface area contributed by atoms with Crippen molar-refractivity contribution in [3.63, 3.8) is 0 Å². The number of primary amides is 1. The summed E-state index contributed by atoms with van der Waals surface area (Å²) in [6.07, 6.45) is -17.2. The summed E-state index contributed by atoms with van der Waals surface area (Å²) in [5.74, 6) is -9.91. The molecule has 3 amide bonds. The molecule has 17 heteroatoms. The van der Waals surface area contributed by atoms with Crippen LogP contribution in [0.1, 0.15) is 49.3 Å². The number of aliphatic imine (C=N–C) groups is 1. The van der Waals surface area contributed by atoms with Crippen LogP contribution in [0.5, 0.6) is 0 Å². The van der Waals surface area contributed by atoms with Crippen molar-refractivity contribution < 1.29 is 55.0 Å². The van der Waals surface area contributed by atoms with E-state index >= 15 is 0 Å². The first-order valence-corrected chi connectivity index (χ1v) is 14.2. The maximum Gasteiger partial charge on any atom is 0.389 e. The normalized spacial score (nSPS) is 17.2. The van der Waals surface area contributed by atoms with E-state index in [1.54, 1.807) is 19.1 Å². The van der Waals surface area contributed by atoms with Crippen molar-refractivity contribution in [2.45, 2.75) is 64.1 Å². The molecule has 1 aliphatic rings. The predicted molar refractivity (Wildman–Crippen MR) is 154 cm³/mol. The standard InChI is InChI=1S/C30H32F7N5O5/c1-15-5-3-8-21-22(17-6-4-7-18(31)13-17)40-25(27(45)42(23(15)21)14-39-16(2)28(46)47)41-26(44)20(10-12-30(35,36)37)19(24(38)43)9-11-29(32,33)34/h3-8,13,16,19-20,25,39H,9-12,14H2,1-2H3,(H2,38,43)(H,41,44)(H,46,47)/t16-,19-,20+,25+/m0/s1. The number of hydrogen-bond acceptors (Lipinski definition) is 6. The van der Waals surface area contributed by atoms with Gasteiger partial charge in [0.25, 0.3) is 5.91 Å². The number of amides is 3. The fourth-order valence-electron chi connectivity index (χ4n) is 5.09. The number of benzene rings is 2. The number of carboxylic acids is 1. The first-order valence-electron chi connectivity index (χ1n) is 14.2. The number of benzodiazepines with no additional fused rings is 1. The van der Waals surface area contributed by atoms with Gasteiger partial charge in [0.15, 0.2) is 0 Å². The Morgan fingerprint density at radius 1 is 1.00 bits per heavy atom. The summed E-state index contributed by atoms with van der Waals surface area (Å²) in [7, 11) is 0. The van der Waals surface area contributed by atoms with Gasteiger partial charge in [-0.15, -0.1) is 0 Å². The van der Waals surface area contributed by atoms with Gasteiger partial charge in [0, 0.05) is 35.8 Å². The summed E-state index contributed by atoms with van der Waals surface area (Å²) in [6.45, 7) is 2.41. The molecule has 0 saturated carbocycles. The third kappa shape index (κ3) is 9.97. The van der Waals surface area contributed by atoms with Crippen LogP contribution in [0.25, 0.3) is 0 Å². The molecule has 2 aromatic rings. The molecule has 0 saturated heterocycles. The fraction of sp³-hybridized carbons (Fsp3) is 0.433. The van der Waals surface area contributed by atoms with Gasteiger partial charge in [-0.2, -0.15) is 26.3 Å². The van der Waals surface area contributed by atoms with Gasteiger partial charge < -0.3 is 16.2 Å². The summed E-state index contributed by atoms with van der Waals surface area (Å²) in [5.41, 5.74) is 6.21. The molecular weight excluding hydrogens is 643 g/mol. The van der Waals surface area contributed by atoms with Gasteiger partial charge >= 0.3 is 18.3 Å². The number of nitrogens with zero attached hydrogens (tertiary/aromatic N) is 2. The van der Waals surface area contributed by atoms with Crippen LogP contribution in [0.3, 0.4) is 0 Å². The average molecular weight is 676 g/mol. The molecule has 0 radical (unpaired) electrons. The van der Waals surface area contributed by atoms with E-state index in [2.05, 4.69) is 15.6 Å². The van der Waals surface area contributed by atoms with Crippen molar-refractivity contribution in [2.24, 2.45) is 22.6 Å². The van der Waals surface area contributed by atoms with Crippen LogP contribution in [0.4, 0.5) is 36.4 Å². The molecule has 0 bridgehead atoms. The lowest BCUT2D eigenvalue weighted by Gasteiger charge is -2.29. The first kappa shape index (κ1) is 36.9. The average Bonchev–Trinajstić information content (AvgIpc) is 3.07. The van der Waals surface area contributed by atoms with Gasteiger partial charge in [-0.1, -0.05) is 30.3 Å². The predicted octanol–water partition coefficient (Wildman–Crippen LogP) is 4.18. The minimum atomic E-state index is -4.87. The molecule has 0 aromatic heterocycles. The van der Waals surface area contributed by atoms with Crippen LogP contribution in [-0.4, -0.2) is 65.7 Å². The summed E-state index contributed by atoms with van der Waals surface area (Å²) >= 11 is 0. The number of anilines is 1. The highest BCUT2D eigenvalue weighted by atomic mass is 19.4. The fourth-order valence-corrected chi connectivity index (χ4v) is 5.09. The molecule has 47 heavy (non-hydrogen) atoms. The number of para-hydroxylation sites is 1. The van der Waals surface area contributed by atoms with Crippen molar-refractivity contribution >= 4 is 35.1 Å². The Morgan fingerprint density at radius 2 is 1.60 bits per heavy atom. The second-order valence-corrected chi connectivity index (χ2v) is 11.0. The third-order valence-electron chi connectivity index (χ3n) is 7.49. The molecule has 0 fully saturated rings. The number of aryl methyl sites for hydroxylation is 1. The Kier molecular flexibility index (Phi) is 11.7. The second-order valence-electron chi connectivity index (χ2n) is 11.0. The van der Waals surface area contributed by atoms with Gasteiger partial charge in [-0.3, -0.25) is 29.4 Å². The van der Waals surface area contributed by atoms with Crippen LogP contribution in [0.15, 0.2) is 47.5 Å². The molecule has 10 nitrogen and oxygen atoms in total. The highest BCUT2D eigenvalue weighted by Crippen LogP contribution is 2.34. The number of halogens is 7. The van der Waals surface area contributed by atoms with Crippen molar-refractivity contribution in [1.29, 1.82) is 0 Å². The van der Waals surface area contributed by atoms with Gasteiger partial charge in [0.05, 0.1) is 18.1 Å². The number of nitrogens with two attached hydrogens (primary N) is 1. The molecule has 0 spiro atoms. The number of carboxylic acid groups (broad SMARTS) is 1. The Bertz CT molecular complexity index is 1530. The molecule has 5 N–H and O–H groups in total. The zero-order chi connectivity index (χ0) is 35.3. The number of hydrogen-bond donors (Lipinski definition) is 4. The zero-order valence-electron chi connectivity index (χ0n) is 25.1. The van der Waals surface area contributed by atoms with Crippen LogP contribution in [0.2, 0.25) is 0 Å². The van der Waals surface area contributed by atoms with E-state index < -0.39 is 98.3 Å². The number of carbonyl (C=O) groups is 4. The van der Waals surface area contributed by atoms with E-state index in [1.807, 2.05) is 0 Å². The van der Waals surface area contributed by atoms with Crippen molar-refractivity contribution in [3.05, 3.63) is 65.0 Å². The first-order chi connectivity index (χ1) is 21.8. The largest absolute Gasteiger partial charge is 0.480 e. The third-order valence-corrected chi connectivity index (χ3v) is 7.49. The van der Waals surface area contributed by atoms with Gasteiger partial charge in [0.2, 0.25) is 18.0 Å². The monoisotopic (exact) mass is 675 g/mol. The summed E-state index contributed by atoms with van der Waals surface area (Å²) in [5, 5.41) is 14.2. The lowest BCUT2D eigenvalue weighted by atomic mass is 9.83. The molecule has 256 valence electrons. The maximum atomic E-state index is 14.3. The molecule has 3 rings (SSSR count). The van der Waals surface area contributed by atoms with E-state index in [0.29, 0.717) is 5.56 Å². The highest BCUT2D eigenvalue weighted by Gasteiger charge is 2.41. The lowest BCUT2D eigenvalue weighted by molar-refractivity contribution is -0.152. The van der Waals surface area contributed by atoms with Gasteiger partial charge in [-0.05, 0) is 44.4 Å². The quantitative estimate of drug-likeness (QED) is 0.234. The molecule has 1 aliphatic heterocycles. The molecule has 1 heterocycles. The Balaban J connectivity index is 2.15. The van der Waals surface area contributed by atoms with Crippen LogP contribution in [0, 0.1) is 24.6 Å².